The molecule has 0 aliphatic carbocycles. The highest BCUT2D eigenvalue weighted by Gasteiger charge is 2.25. The third-order valence-corrected chi connectivity index (χ3v) is 2.60. The SMILES string of the molecule is CCN(CC(=O)OC)C(=O)c1n[nH]c(C(C)(C)C)n1. The minimum Gasteiger partial charge on any atom is -0.468 e. The Hall–Kier alpha value is -1.92. The standard InChI is InChI=1S/C12H20N4O3/c1-6-16(7-8(17)19-5)10(18)9-13-11(15-14-9)12(2,3)4/h6-7H2,1-5H3,(H,13,14,15). The molecule has 0 aliphatic heterocycles. The molecule has 0 unspecified atom stereocenters. The molecular formula is C12H20N4O3. The van der Waals surface area contributed by atoms with Gasteiger partial charge in [-0.1, -0.05) is 20.8 Å². The highest BCUT2D eigenvalue weighted by atomic mass is 16.5. The molecule has 1 N–H and O–H groups in total. The zero-order chi connectivity index (χ0) is 14.6. The number of methoxy groups -OCH3 is 1. The lowest BCUT2D eigenvalue weighted by Crippen LogP contribution is -2.36. The summed E-state index contributed by atoms with van der Waals surface area (Å²) in [4.78, 5) is 28.9. The molecule has 7 nitrogen and oxygen atoms in total. The largest absolute Gasteiger partial charge is 0.468 e. The Morgan fingerprint density at radius 2 is 2.00 bits per heavy atom. The maximum atomic E-state index is 12.1. The summed E-state index contributed by atoms with van der Waals surface area (Å²) in [5.74, 6) is -0.165. The zero-order valence-electron chi connectivity index (χ0n) is 12.0. The molecule has 0 bridgehead atoms. The van der Waals surface area contributed by atoms with Crippen LogP contribution in [0, 0.1) is 0 Å². The molecule has 0 aliphatic rings. The second-order valence-corrected chi connectivity index (χ2v) is 5.15. The molecule has 1 rings (SSSR count). The summed E-state index contributed by atoms with van der Waals surface area (Å²) in [6, 6.07) is 0. The van der Waals surface area contributed by atoms with Crippen LogP contribution in [0.2, 0.25) is 0 Å². The number of nitrogens with zero attached hydrogens (tertiary/aromatic N) is 3. The van der Waals surface area contributed by atoms with E-state index in [4.69, 9.17) is 0 Å². The van der Waals surface area contributed by atoms with Crippen molar-refractivity contribution in [3.63, 3.8) is 0 Å². The van der Waals surface area contributed by atoms with Crippen molar-refractivity contribution >= 4 is 11.9 Å². The normalized spacial score (nSPS) is 11.2. The topological polar surface area (TPSA) is 88.2 Å². The van der Waals surface area contributed by atoms with Crippen LogP contribution in [0.3, 0.4) is 0 Å². The maximum absolute atomic E-state index is 12.1. The molecule has 7 heteroatoms. The molecule has 0 atom stereocenters. The van der Waals surface area contributed by atoms with E-state index < -0.39 is 5.97 Å². The van der Waals surface area contributed by atoms with E-state index in [0.29, 0.717) is 12.4 Å². The summed E-state index contributed by atoms with van der Waals surface area (Å²) in [5, 5.41) is 6.65. The Kier molecular flexibility index (Phi) is 4.63. The van der Waals surface area contributed by atoms with Crippen LogP contribution in [0.5, 0.6) is 0 Å². The minimum atomic E-state index is -0.471. The fourth-order valence-electron chi connectivity index (χ4n) is 1.38. The Bertz CT molecular complexity index is 462. The molecule has 0 fully saturated rings. The maximum Gasteiger partial charge on any atom is 0.325 e. The molecular weight excluding hydrogens is 248 g/mol. The zero-order valence-corrected chi connectivity index (χ0v) is 12.0. The summed E-state index contributed by atoms with van der Waals surface area (Å²) in [6.45, 7) is 7.95. The van der Waals surface area contributed by atoms with Gasteiger partial charge in [-0.05, 0) is 6.92 Å². The van der Waals surface area contributed by atoms with E-state index in [2.05, 4.69) is 19.9 Å². The van der Waals surface area contributed by atoms with Crippen LogP contribution >= 0.6 is 0 Å². The third kappa shape index (κ3) is 3.77. The lowest BCUT2D eigenvalue weighted by atomic mass is 9.96. The first-order chi connectivity index (χ1) is 8.79. The van der Waals surface area contributed by atoms with Gasteiger partial charge in [-0.25, -0.2) is 4.98 Å². The number of carbonyl (C=O) groups is 2. The lowest BCUT2D eigenvalue weighted by molar-refractivity contribution is -0.141. The van der Waals surface area contributed by atoms with Gasteiger partial charge in [-0.2, -0.15) is 0 Å². The number of nitrogens with one attached hydrogen (secondary N) is 1. The number of aromatic nitrogens is 3. The van der Waals surface area contributed by atoms with E-state index in [-0.39, 0.29) is 23.7 Å². The number of H-pyrrole nitrogens is 1. The van der Waals surface area contributed by atoms with Gasteiger partial charge in [0.25, 0.3) is 5.91 Å². The number of carbonyl (C=O) groups excluding carboxylic acids is 2. The molecule has 1 aromatic rings. The summed E-state index contributed by atoms with van der Waals surface area (Å²) in [6.07, 6.45) is 0. The van der Waals surface area contributed by atoms with Gasteiger partial charge < -0.3 is 9.64 Å². The van der Waals surface area contributed by atoms with Crippen molar-refractivity contribution in [1.29, 1.82) is 0 Å². The first kappa shape index (κ1) is 15.1. The van der Waals surface area contributed by atoms with Gasteiger partial charge in [0.2, 0.25) is 5.82 Å². The fraction of sp³-hybridized carbons (Fsp3) is 0.667. The van der Waals surface area contributed by atoms with Crippen molar-refractivity contribution < 1.29 is 14.3 Å². The van der Waals surface area contributed by atoms with E-state index in [1.165, 1.54) is 12.0 Å². The molecule has 0 radical (unpaired) electrons. The van der Waals surface area contributed by atoms with Gasteiger partial charge in [0, 0.05) is 12.0 Å². The van der Waals surface area contributed by atoms with Crippen LogP contribution in [-0.4, -0.2) is 52.2 Å². The summed E-state index contributed by atoms with van der Waals surface area (Å²) < 4.78 is 4.55. The predicted octanol–water partition coefficient (Wildman–Crippen LogP) is 0.737. The number of amides is 1. The van der Waals surface area contributed by atoms with Crippen LogP contribution in [0.1, 0.15) is 44.1 Å². The molecule has 106 valence electrons. The monoisotopic (exact) mass is 268 g/mol. The number of likely N-dealkylation sites (N-methyl/N-ethyl adjacent to an activating group) is 1. The van der Waals surface area contributed by atoms with Gasteiger partial charge in [0.1, 0.15) is 12.4 Å². The second-order valence-electron chi connectivity index (χ2n) is 5.15. The minimum absolute atomic E-state index is 0.0654. The van der Waals surface area contributed by atoms with E-state index in [1.54, 1.807) is 6.92 Å². The van der Waals surface area contributed by atoms with Crippen molar-refractivity contribution in [3.05, 3.63) is 11.6 Å². The average molecular weight is 268 g/mol. The summed E-state index contributed by atoms with van der Waals surface area (Å²) in [5.41, 5.74) is -0.217. The van der Waals surface area contributed by atoms with Gasteiger partial charge in [-0.3, -0.25) is 14.7 Å². The van der Waals surface area contributed by atoms with E-state index in [1.807, 2.05) is 20.8 Å². The van der Waals surface area contributed by atoms with Crippen molar-refractivity contribution in [2.45, 2.75) is 33.1 Å². The molecule has 1 heterocycles. The van der Waals surface area contributed by atoms with Gasteiger partial charge in [0.05, 0.1) is 7.11 Å². The lowest BCUT2D eigenvalue weighted by Gasteiger charge is -2.17. The van der Waals surface area contributed by atoms with Gasteiger partial charge in [-0.15, -0.1) is 5.10 Å². The highest BCUT2D eigenvalue weighted by Crippen LogP contribution is 2.17. The smallest absolute Gasteiger partial charge is 0.325 e. The quantitative estimate of drug-likeness (QED) is 0.813. The predicted molar refractivity (Wildman–Crippen MR) is 68.7 cm³/mol. The number of esters is 1. The molecule has 0 spiro atoms. The van der Waals surface area contributed by atoms with E-state index in [0.717, 1.165) is 0 Å². The summed E-state index contributed by atoms with van der Waals surface area (Å²) in [7, 11) is 1.28. The Morgan fingerprint density at radius 1 is 1.37 bits per heavy atom. The number of hydrogen-bond acceptors (Lipinski definition) is 5. The van der Waals surface area contributed by atoms with Crippen molar-refractivity contribution in [2.75, 3.05) is 20.2 Å². The summed E-state index contributed by atoms with van der Waals surface area (Å²) >= 11 is 0. The van der Waals surface area contributed by atoms with Crippen molar-refractivity contribution in [1.82, 2.24) is 20.1 Å². The Balaban J connectivity index is 2.86. The van der Waals surface area contributed by atoms with Gasteiger partial charge in [0.15, 0.2) is 0 Å². The molecule has 0 saturated heterocycles. The molecule has 19 heavy (non-hydrogen) atoms. The molecule has 0 aromatic carbocycles. The highest BCUT2D eigenvalue weighted by molar-refractivity contribution is 5.92. The van der Waals surface area contributed by atoms with Crippen molar-refractivity contribution in [3.8, 4) is 0 Å². The number of rotatable bonds is 4. The average Bonchev–Trinajstić information content (AvgIpc) is 2.84. The third-order valence-electron chi connectivity index (χ3n) is 2.60. The van der Waals surface area contributed by atoms with Crippen LogP contribution in [-0.2, 0) is 14.9 Å². The first-order valence-electron chi connectivity index (χ1n) is 6.08. The number of ether oxygens (including phenoxy) is 1. The molecule has 0 saturated carbocycles. The number of hydrogen-bond donors (Lipinski definition) is 1. The van der Waals surface area contributed by atoms with Crippen molar-refractivity contribution in [2.24, 2.45) is 0 Å². The van der Waals surface area contributed by atoms with Crippen LogP contribution in [0.4, 0.5) is 0 Å². The Morgan fingerprint density at radius 3 is 2.42 bits per heavy atom. The Labute approximate surface area is 112 Å². The molecule has 1 amide bonds. The first-order valence-corrected chi connectivity index (χ1v) is 6.08. The second kappa shape index (κ2) is 5.81. The van der Waals surface area contributed by atoms with Crippen LogP contribution in [0.25, 0.3) is 0 Å². The van der Waals surface area contributed by atoms with Gasteiger partial charge >= 0.3 is 5.97 Å². The van der Waals surface area contributed by atoms with E-state index >= 15 is 0 Å². The van der Waals surface area contributed by atoms with E-state index in [9.17, 15) is 9.59 Å². The number of aromatic amines is 1. The fourth-order valence-corrected chi connectivity index (χ4v) is 1.38. The van der Waals surface area contributed by atoms with Crippen LogP contribution in [0.15, 0.2) is 0 Å². The van der Waals surface area contributed by atoms with Crippen LogP contribution < -0.4 is 0 Å². The molecule has 1 aromatic heterocycles.